The van der Waals surface area contributed by atoms with E-state index in [9.17, 15) is 0 Å². The van der Waals surface area contributed by atoms with Crippen molar-refractivity contribution < 1.29 is 4.57 Å². The summed E-state index contributed by atoms with van der Waals surface area (Å²) < 4.78 is 2.02. The van der Waals surface area contributed by atoms with Crippen LogP contribution in [0.2, 0.25) is 5.02 Å². The van der Waals surface area contributed by atoms with Gasteiger partial charge in [0.05, 0.1) is 5.71 Å². The second kappa shape index (κ2) is 4.82. The van der Waals surface area contributed by atoms with Gasteiger partial charge in [0, 0.05) is 21.2 Å². The van der Waals surface area contributed by atoms with Gasteiger partial charge in [0.2, 0.25) is 0 Å². The van der Waals surface area contributed by atoms with Gasteiger partial charge in [-0.05, 0) is 18.2 Å². The number of aromatic amines is 1. The number of fused-ring (bicyclic) bond motifs is 3. The Morgan fingerprint density at radius 2 is 1.95 bits per heavy atom. The van der Waals surface area contributed by atoms with E-state index in [0.29, 0.717) is 11.6 Å². The molecule has 1 aliphatic rings. The molecule has 4 rings (SSSR count). The molecular weight excluding hydrogens is 284 g/mol. The number of aromatic nitrogens is 3. The number of H-pyrrole nitrogens is 1. The summed E-state index contributed by atoms with van der Waals surface area (Å²) in [5.41, 5.74) is 4.08. The Hall–Kier alpha value is -2.46. The van der Waals surface area contributed by atoms with Gasteiger partial charge in [-0.25, -0.2) is 0 Å². The van der Waals surface area contributed by atoms with Crippen molar-refractivity contribution in [1.29, 1.82) is 0 Å². The first-order valence-corrected chi connectivity index (χ1v) is 7.05. The number of benzene rings is 2. The quantitative estimate of drug-likeness (QED) is 0.689. The molecule has 0 spiro atoms. The minimum absolute atomic E-state index is 0.552. The fourth-order valence-electron chi connectivity index (χ4n) is 2.59. The molecule has 0 amide bonds. The van der Waals surface area contributed by atoms with Crippen LogP contribution in [0.5, 0.6) is 0 Å². The fraction of sp³-hybridized carbons (Fsp3) is 0.0625. The van der Waals surface area contributed by atoms with Crippen LogP contribution < -0.4 is 4.57 Å². The van der Waals surface area contributed by atoms with Crippen LogP contribution >= 0.6 is 11.6 Å². The van der Waals surface area contributed by atoms with E-state index >= 15 is 0 Å². The SMILES string of the molecule is Clc1ccc2c(c1)C(c1ccccc1)=NCc1[nH]nc[n+]1-2. The van der Waals surface area contributed by atoms with Crippen molar-refractivity contribution in [2.45, 2.75) is 6.54 Å². The van der Waals surface area contributed by atoms with Crippen LogP contribution in [0, 0.1) is 0 Å². The van der Waals surface area contributed by atoms with Gasteiger partial charge in [-0.15, -0.1) is 5.10 Å². The summed E-state index contributed by atoms with van der Waals surface area (Å²) >= 11 is 6.20. The van der Waals surface area contributed by atoms with Crippen molar-refractivity contribution >= 4 is 17.3 Å². The molecule has 4 nitrogen and oxygen atoms in total. The van der Waals surface area contributed by atoms with Gasteiger partial charge in [0.1, 0.15) is 12.2 Å². The lowest BCUT2D eigenvalue weighted by Gasteiger charge is -2.09. The molecule has 102 valence electrons. The summed E-state index contributed by atoms with van der Waals surface area (Å²) in [7, 11) is 0. The van der Waals surface area contributed by atoms with Crippen LogP contribution in [0.4, 0.5) is 0 Å². The highest BCUT2D eigenvalue weighted by atomic mass is 35.5. The molecule has 21 heavy (non-hydrogen) atoms. The monoisotopic (exact) mass is 295 g/mol. The highest BCUT2D eigenvalue weighted by Gasteiger charge is 2.23. The molecule has 0 unspecified atom stereocenters. The minimum Gasteiger partial charge on any atom is -0.273 e. The minimum atomic E-state index is 0.552. The van der Waals surface area contributed by atoms with Crippen molar-refractivity contribution in [2.24, 2.45) is 4.99 Å². The smallest absolute Gasteiger partial charge is 0.270 e. The summed E-state index contributed by atoms with van der Waals surface area (Å²) in [5.74, 6) is 0.949. The lowest BCUT2D eigenvalue weighted by atomic mass is 10.0. The van der Waals surface area contributed by atoms with E-state index in [2.05, 4.69) is 22.3 Å². The van der Waals surface area contributed by atoms with E-state index < -0.39 is 0 Å². The summed E-state index contributed by atoms with van der Waals surface area (Å²) in [6, 6.07) is 16.0. The molecule has 0 fully saturated rings. The first kappa shape index (κ1) is 12.3. The molecule has 0 saturated carbocycles. The number of aliphatic imine (C=N–C) groups is 1. The largest absolute Gasteiger partial charge is 0.273 e. The number of rotatable bonds is 1. The normalized spacial score (nSPS) is 13.1. The van der Waals surface area contributed by atoms with Crippen molar-refractivity contribution in [3.8, 4) is 5.69 Å². The second-order valence-electron chi connectivity index (χ2n) is 4.87. The highest BCUT2D eigenvalue weighted by molar-refractivity contribution is 6.31. The van der Waals surface area contributed by atoms with Crippen molar-refractivity contribution in [3.63, 3.8) is 0 Å². The molecule has 0 atom stereocenters. The van der Waals surface area contributed by atoms with Crippen LogP contribution in [0.15, 0.2) is 59.9 Å². The van der Waals surface area contributed by atoms with Gasteiger partial charge in [0.15, 0.2) is 0 Å². The third-order valence-corrected chi connectivity index (χ3v) is 3.80. The molecule has 2 aromatic carbocycles. The van der Waals surface area contributed by atoms with Crippen LogP contribution in [0.3, 0.4) is 0 Å². The first-order valence-electron chi connectivity index (χ1n) is 6.67. The fourth-order valence-corrected chi connectivity index (χ4v) is 2.77. The second-order valence-corrected chi connectivity index (χ2v) is 5.30. The Bertz CT molecular complexity index is 836. The third kappa shape index (κ3) is 2.04. The maximum atomic E-state index is 6.20. The molecule has 1 aliphatic heterocycles. The van der Waals surface area contributed by atoms with Crippen molar-refractivity contribution in [3.05, 3.63) is 76.8 Å². The zero-order valence-corrected chi connectivity index (χ0v) is 11.9. The van der Waals surface area contributed by atoms with E-state index in [4.69, 9.17) is 16.6 Å². The average molecular weight is 296 g/mol. The number of halogens is 1. The third-order valence-electron chi connectivity index (χ3n) is 3.57. The van der Waals surface area contributed by atoms with Crippen molar-refractivity contribution in [2.75, 3.05) is 0 Å². The van der Waals surface area contributed by atoms with Crippen LogP contribution in [0.25, 0.3) is 5.69 Å². The van der Waals surface area contributed by atoms with Crippen LogP contribution in [-0.2, 0) is 6.54 Å². The molecule has 1 aromatic heterocycles. The summed E-state index contributed by atoms with van der Waals surface area (Å²) in [4.78, 5) is 4.76. The Morgan fingerprint density at radius 3 is 2.81 bits per heavy atom. The molecule has 3 aromatic rings. The number of nitrogens with zero attached hydrogens (tertiary/aromatic N) is 3. The summed E-state index contributed by atoms with van der Waals surface area (Å²) in [6.07, 6.45) is 1.77. The zero-order chi connectivity index (χ0) is 14.2. The highest BCUT2D eigenvalue weighted by Crippen LogP contribution is 2.23. The molecular formula is C16H12ClN4+. The van der Waals surface area contributed by atoms with E-state index in [1.165, 1.54) is 0 Å². The molecule has 0 aliphatic carbocycles. The van der Waals surface area contributed by atoms with Gasteiger partial charge in [-0.1, -0.05) is 41.9 Å². The number of hydrogen-bond donors (Lipinski definition) is 1. The maximum Gasteiger partial charge on any atom is 0.270 e. The lowest BCUT2D eigenvalue weighted by molar-refractivity contribution is -0.604. The van der Waals surface area contributed by atoms with Crippen LogP contribution in [0.1, 0.15) is 17.0 Å². The summed E-state index contributed by atoms with van der Waals surface area (Å²) in [5, 5.41) is 7.80. The Kier molecular flexibility index (Phi) is 2.82. The molecule has 2 heterocycles. The summed E-state index contributed by atoms with van der Waals surface area (Å²) in [6.45, 7) is 0.552. The topological polar surface area (TPSA) is 44.9 Å². The maximum absolute atomic E-state index is 6.20. The number of nitrogens with one attached hydrogen (secondary N) is 1. The predicted octanol–water partition coefficient (Wildman–Crippen LogP) is 2.69. The molecule has 0 saturated heterocycles. The predicted molar refractivity (Wildman–Crippen MR) is 80.9 cm³/mol. The average Bonchev–Trinajstić information content (AvgIpc) is 2.92. The Morgan fingerprint density at radius 1 is 1.10 bits per heavy atom. The molecule has 1 N–H and O–H groups in total. The zero-order valence-electron chi connectivity index (χ0n) is 11.1. The van der Waals surface area contributed by atoms with Gasteiger partial charge >= 0.3 is 0 Å². The lowest BCUT2D eigenvalue weighted by Crippen LogP contribution is -2.33. The molecule has 0 radical (unpaired) electrons. The molecule has 5 heteroatoms. The standard InChI is InChI=1S/C16H11ClN4/c17-12-6-7-14-13(8-12)16(11-4-2-1-3-5-11)18-9-15-20-19-10-21(14)15/h1-8,10H,9H2/p+1. The van der Waals surface area contributed by atoms with E-state index in [0.717, 1.165) is 28.4 Å². The van der Waals surface area contributed by atoms with Crippen LogP contribution in [-0.4, -0.2) is 15.9 Å². The van der Waals surface area contributed by atoms with Gasteiger partial charge < -0.3 is 0 Å². The van der Waals surface area contributed by atoms with E-state index in [1.54, 1.807) is 6.33 Å². The van der Waals surface area contributed by atoms with E-state index in [1.807, 2.05) is 41.0 Å². The van der Waals surface area contributed by atoms with Crippen molar-refractivity contribution in [1.82, 2.24) is 10.2 Å². The van der Waals surface area contributed by atoms with E-state index in [-0.39, 0.29) is 0 Å². The Balaban J connectivity index is 2.00. The Labute approximate surface area is 126 Å². The first-order chi connectivity index (χ1) is 10.3. The number of hydrogen-bond acceptors (Lipinski definition) is 2. The van der Waals surface area contributed by atoms with Gasteiger partial charge in [0.25, 0.3) is 12.2 Å². The van der Waals surface area contributed by atoms with Gasteiger partial charge in [-0.3, -0.25) is 4.99 Å². The van der Waals surface area contributed by atoms with Gasteiger partial charge in [-0.2, -0.15) is 4.57 Å². The molecule has 0 bridgehead atoms.